The second-order valence-corrected chi connectivity index (χ2v) is 8.94. The highest BCUT2D eigenvalue weighted by Gasteiger charge is 2.60. The molecule has 8 heteroatoms. The van der Waals surface area contributed by atoms with Crippen molar-refractivity contribution in [2.24, 2.45) is 11.8 Å². The number of rotatable bonds is 6. The zero-order valence-corrected chi connectivity index (χ0v) is 17.0. The maximum Gasteiger partial charge on any atom is 0.261 e. The van der Waals surface area contributed by atoms with Gasteiger partial charge in [-0.2, -0.15) is 5.06 Å². The highest BCUT2D eigenvalue weighted by atomic mass is 16.7. The molecule has 1 aromatic heterocycles. The van der Waals surface area contributed by atoms with Gasteiger partial charge >= 0.3 is 0 Å². The molecule has 3 heterocycles. The minimum atomic E-state index is -0.853. The lowest BCUT2D eigenvalue weighted by Gasteiger charge is -2.32. The van der Waals surface area contributed by atoms with Gasteiger partial charge in [0, 0.05) is 25.0 Å². The minimum Gasteiger partial charge on any atom is -0.355 e. The van der Waals surface area contributed by atoms with Crippen molar-refractivity contribution in [1.82, 2.24) is 20.3 Å². The van der Waals surface area contributed by atoms with Crippen LogP contribution in [0.5, 0.6) is 0 Å². The first-order valence-corrected chi connectivity index (χ1v) is 11.1. The van der Waals surface area contributed by atoms with Gasteiger partial charge in [0.25, 0.3) is 5.91 Å². The molecule has 5 rings (SSSR count). The molecule has 4 fully saturated rings. The fourth-order valence-electron chi connectivity index (χ4n) is 5.04. The molecule has 2 aliphatic heterocycles. The highest BCUT2D eigenvalue weighted by Crippen LogP contribution is 2.45. The van der Waals surface area contributed by atoms with Crippen LogP contribution in [0.15, 0.2) is 24.5 Å². The van der Waals surface area contributed by atoms with Crippen LogP contribution in [0.2, 0.25) is 0 Å². The molecule has 3 unspecified atom stereocenters. The number of fused-ring (bicyclic) bond motifs is 1. The van der Waals surface area contributed by atoms with E-state index >= 15 is 0 Å². The van der Waals surface area contributed by atoms with Gasteiger partial charge in [-0.25, -0.2) is 0 Å². The smallest absolute Gasteiger partial charge is 0.261 e. The number of pyridine rings is 1. The molecule has 3 atom stereocenters. The van der Waals surface area contributed by atoms with Crippen LogP contribution in [0.25, 0.3) is 0 Å². The van der Waals surface area contributed by atoms with Crippen molar-refractivity contribution < 1.29 is 19.2 Å². The van der Waals surface area contributed by atoms with E-state index in [1.807, 2.05) is 12.1 Å². The van der Waals surface area contributed by atoms with Crippen molar-refractivity contribution in [2.75, 3.05) is 13.1 Å². The van der Waals surface area contributed by atoms with Crippen molar-refractivity contribution >= 4 is 17.7 Å². The third kappa shape index (κ3) is 3.63. The molecule has 0 aromatic carbocycles. The summed E-state index contributed by atoms with van der Waals surface area (Å²) in [5.41, 5.74) is 0.833. The number of nitrogens with one attached hydrogen (secondary N) is 1. The van der Waals surface area contributed by atoms with Crippen LogP contribution >= 0.6 is 0 Å². The first kappa shape index (κ1) is 19.6. The van der Waals surface area contributed by atoms with Gasteiger partial charge in [-0.05, 0) is 49.3 Å². The van der Waals surface area contributed by atoms with Crippen LogP contribution in [-0.4, -0.2) is 57.9 Å². The Kier molecular flexibility index (Phi) is 5.28. The van der Waals surface area contributed by atoms with Crippen molar-refractivity contribution in [3.8, 4) is 0 Å². The number of carbonyl (C=O) groups is 3. The summed E-state index contributed by atoms with van der Waals surface area (Å²) in [4.78, 5) is 50.6. The number of imide groups is 1. The number of hydroxylamine groups is 2. The summed E-state index contributed by atoms with van der Waals surface area (Å²) >= 11 is 0. The first-order chi connectivity index (χ1) is 14.6. The second-order valence-electron chi connectivity index (χ2n) is 8.94. The van der Waals surface area contributed by atoms with Crippen molar-refractivity contribution in [3.05, 3.63) is 30.1 Å². The Morgan fingerprint density at radius 3 is 2.50 bits per heavy atom. The molecule has 0 bridgehead atoms. The van der Waals surface area contributed by atoms with Gasteiger partial charge < -0.3 is 5.32 Å². The SMILES string of the molecule is O=C(CN1OC2C(=O)N(C3CCCCC3)C(=O)C2C1c1ccncc1)NCC1CC1. The van der Waals surface area contributed by atoms with E-state index < -0.39 is 18.1 Å². The van der Waals surface area contributed by atoms with Crippen LogP contribution < -0.4 is 5.32 Å². The molecule has 8 nitrogen and oxygen atoms in total. The number of hydrogen-bond acceptors (Lipinski definition) is 6. The molecule has 160 valence electrons. The Bertz CT molecular complexity index is 822. The van der Waals surface area contributed by atoms with Crippen LogP contribution in [-0.2, 0) is 19.2 Å². The molecule has 3 amide bonds. The summed E-state index contributed by atoms with van der Waals surface area (Å²) in [6.45, 7) is 0.670. The summed E-state index contributed by atoms with van der Waals surface area (Å²) in [6, 6.07) is 3.15. The molecule has 1 N–H and O–H groups in total. The number of hydrogen-bond donors (Lipinski definition) is 1. The van der Waals surface area contributed by atoms with Crippen LogP contribution in [0.3, 0.4) is 0 Å². The molecule has 4 aliphatic rings. The summed E-state index contributed by atoms with van der Waals surface area (Å²) in [5, 5.41) is 4.47. The maximum atomic E-state index is 13.4. The van der Waals surface area contributed by atoms with Gasteiger partial charge in [-0.1, -0.05) is 19.3 Å². The van der Waals surface area contributed by atoms with Crippen molar-refractivity contribution in [3.63, 3.8) is 0 Å². The number of aromatic nitrogens is 1. The maximum absolute atomic E-state index is 13.4. The molecule has 2 saturated heterocycles. The lowest BCUT2D eigenvalue weighted by atomic mass is 9.91. The number of likely N-dealkylation sites (tertiary alicyclic amines) is 1. The summed E-state index contributed by atoms with van der Waals surface area (Å²) in [5.74, 6) is -0.615. The zero-order valence-electron chi connectivity index (χ0n) is 17.0. The molecule has 2 saturated carbocycles. The number of carbonyl (C=O) groups excluding carboxylic acids is 3. The monoisotopic (exact) mass is 412 g/mol. The standard InChI is InChI=1S/C22H28N4O4/c27-17(24-12-14-6-7-14)13-25-19(15-8-10-23-11-9-15)18-20(30-25)22(29)26(21(18)28)16-4-2-1-3-5-16/h8-11,14,16,18-20H,1-7,12-13H2,(H,24,27). The van der Waals surface area contributed by atoms with Crippen LogP contribution in [0.4, 0.5) is 0 Å². The Hall–Kier alpha value is -2.32. The lowest BCUT2D eigenvalue weighted by Crippen LogP contribution is -2.45. The first-order valence-electron chi connectivity index (χ1n) is 11.1. The summed E-state index contributed by atoms with van der Waals surface area (Å²) in [7, 11) is 0. The van der Waals surface area contributed by atoms with Gasteiger partial charge in [-0.3, -0.25) is 29.1 Å². The highest BCUT2D eigenvalue weighted by molar-refractivity contribution is 6.07. The van der Waals surface area contributed by atoms with Gasteiger partial charge in [-0.15, -0.1) is 0 Å². The molecular weight excluding hydrogens is 384 g/mol. The largest absolute Gasteiger partial charge is 0.355 e. The Labute approximate surface area is 175 Å². The molecule has 1 aromatic rings. The van der Waals surface area contributed by atoms with E-state index in [9.17, 15) is 14.4 Å². The van der Waals surface area contributed by atoms with Gasteiger partial charge in [0.15, 0.2) is 6.10 Å². The Morgan fingerprint density at radius 2 is 1.80 bits per heavy atom. The van der Waals surface area contributed by atoms with Gasteiger partial charge in [0.2, 0.25) is 11.8 Å². The molecule has 2 aliphatic carbocycles. The zero-order chi connectivity index (χ0) is 20.7. The fraction of sp³-hybridized carbons (Fsp3) is 0.636. The normalized spacial score (nSPS) is 30.0. The van der Waals surface area contributed by atoms with E-state index in [2.05, 4.69) is 10.3 Å². The third-order valence-electron chi connectivity index (χ3n) is 6.80. The summed E-state index contributed by atoms with van der Waals surface area (Å²) in [6.07, 6.45) is 9.75. The van der Waals surface area contributed by atoms with Crippen molar-refractivity contribution in [2.45, 2.75) is 63.1 Å². The van der Waals surface area contributed by atoms with E-state index in [1.54, 1.807) is 12.4 Å². The predicted molar refractivity (Wildman–Crippen MR) is 107 cm³/mol. The average Bonchev–Trinajstić information content (AvgIpc) is 3.48. The summed E-state index contributed by atoms with van der Waals surface area (Å²) < 4.78 is 0. The minimum absolute atomic E-state index is 0.00328. The molecule has 0 radical (unpaired) electrons. The molecular formula is C22H28N4O4. The van der Waals surface area contributed by atoms with E-state index in [0.717, 1.165) is 50.5 Å². The van der Waals surface area contributed by atoms with Crippen LogP contribution in [0.1, 0.15) is 56.6 Å². The number of amides is 3. The Morgan fingerprint density at radius 1 is 1.07 bits per heavy atom. The number of nitrogens with zero attached hydrogens (tertiary/aromatic N) is 3. The Balaban J connectivity index is 1.37. The van der Waals surface area contributed by atoms with E-state index in [4.69, 9.17) is 4.84 Å². The van der Waals surface area contributed by atoms with E-state index in [1.165, 1.54) is 9.96 Å². The van der Waals surface area contributed by atoms with Crippen molar-refractivity contribution in [1.29, 1.82) is 0 Å². The molecule has 30 heavy (non-hydrogen) atoms. The third-order valence-corrected chi connectivity index (χ3v) is 6.80. The van der Waals surface area contributed by atoms with E-state index in [0.29, 0.717) is 12.5 Å². The second kappa shape index (κ2) is 8.07. The topological polar surface area (TPSA) is 91.8 Å². The quantitative estimate of drug-likeness (QED) is 0.714. The predicted octanol–water partition coefficient (Wildman–Crippen LogP) is 1.58. The van der Waals surface area contributed by atoms with E-state index in [-0.39, 0.29) is 30.3 Å². The molecule has 0 spiro atoms. The fourth-order valence-corrected chi connectivity index (χ4v) is 5.04. The lowest BCUT2D eigenvalue weighted by molar-refractivity contribution is -0.183. The van der Waals surface area contributed by atoms with Gasteiger partial charge in [0.05, 0.1) is 12.0 Å². The van der Waals surface area contributed by atoms with Crippen LogP contribution in [0, 0.1) is 11.8 Å². The van der Waals surface area contributed by atoms with Gasteiger partial charge in [0.1, 0.15) is 6.54 Å². The average molecular weight is 412 g/mol.